The van der Waals surface area contributed by atoms with Gasteiger partial charge in [0, 0.05) is 23.3 Å². The van der Waals surface area contributed by atoms with Crippen molar-refractivity contribution in [2.24, 2.45) is 0 Å². The zero-order valence-electron chi connectivity index (χ0n) is 15.0. The predicted octanol–water partition coefficient (Wildman–Crippen LogP) is 2.20. The fourth-order valence-corrected chi connectivity index (χ4v) is 2.89. The molecule has 0 saturated heterocycles. The lowest BCUT2D eigenvalue weighted by molar-refractivity contribution is -0.121. The first kappa shape index (κ1) is 19.1. The lowest BCUT2D eigenvalue weighted by Gasteiger charge is -2.14. The number of carbonyl (C=O) groups excluding carboxylic acids is 1. The summed E-state index contributed by atoms with van der Waals surface area (Å²) in [5.41, 5.74) is 0.142. The Hall–Kier alpha value is -3.67. The van der Waals surface area contributed by atoms with Crippen LogP contribution < -0.4 is 10.9 Å². The van der Waals surface area contributed by atoms with Crippen LogP contribution in [0.3, 0.4) is 0 Å². The Morgan fingerprint density at radius 2 is 2.00 bits per heavy atom. The summed E-state index contributed by atoms with van der Waals surface area (Å²) in [7, 11) is 0. The van der Waals surface area contributed by atoms with Gasteiger partial charge in [-0.05, 0) is 31.5 Å². The highest BCUT2D eigenvalue weighted by Crippen LogP contribution is 2.23. The van der Waals surface area contributed by atoms with Crippen LogP contribution in [-0.4, -0.2) is 20.9 Å². The van der Waals surface area contributed by atoms with Gasteiger partial charge in [-0.2, -0.15) is 5.26 Å². The molecule has 142 valence electrons. The third-order valence-corrected chi connectivity index (χ3v) is 4.35. The number of carbonyl (C=O) groups is 1. The number of amides is 1. The second-order valence-electron chi connectivity index (χ2n) is 6.25. The number of pyridine rings is 1. The molecule has 9 heteroatoms. The summed E-state index contributed by atoms with van der Waals surface area (Å²) in [4.78, 5) is 35.1. The van der Waals surface area contributed by atoms with Crippen LogP contribution in [0, 0.1) is 29.9 Å². The molecule has 3 aromatic rings. The van der Waals surface area contributed by atoms with Crippen molar-refractivity contribution in [3.63, 3.8) is 0 Å². The highest BCUT2D eigenvalue weighted by Gasteiger charge is 2.19. The fourth-order valence-electron chi connectivity index (χ4n) is 2.89. The molecular formula is C19H15F2N5O2. The molecule has 2 heterocycles. The monoisotopic (exact) mass is 383 g/mol. The summed E-state index contributed by atoms with van der Waals surface area (Å²) in [6.45, 7) is 3.11. The number of H-pyrrole nitrogens is 1. The number of benzene rings is 1. The summed E-state index contributed by atoms with van der Waals surface area (Å²) in [5, 5.41) is 11.3. The Kier molecular flexibility index (Phi) is 5.13. The van der Waals surface area contributed by atoms with Gasteiger partial charge >= 0.3 is 0 Å². The van der Waals surface area contributed by atoms with Crippen LogP contribution in [0.1, 0.15) is 35.5 Å². The maximum atomic E-state index is 14.2. The molecule has 1 unspecified atom stereocenters. The Bertz CT molecular complexity index is 1170. The van der Waals surface area contributed by atoms with Gasteiger partial charge in [0.05, 0.1) is 23.5 Å². The average Bonchev–Trinajstić information content (AvgIpc) is 2.68. The molecule has 1 atom stereocenters. The first-order valence-corrected chi connectivity index (χ1v) is 8.32. The number of nitriles is 1. The number of hydrogen-bond acceptors (Lipinski definition) is 5. The summed E-state index contributed by atoms with van der Waals surface area (Å²) >= 11 is 0. The van der Waals surface area contributed by atoms with E-state index in [0.717, 1.165) is 6.07 Å². The standard InChI is InChI=1S/C19H15F2N5O2/c1-9-12(19(28)26-14-4-3-13(20)17(21)16(9)14)5-15(27)25-10(2)18-23-7-11(6-22)8-24-18/h3-4,7-8,10H,5H2,1-2H3,(H,25,27)(H,26,28). The van der Waals surface area contributed by atoms with Crippen LogP contribution >= 0.6 is 0 Å². The molecule has 7 nitrogen and oxygen atoms in total. The SMILES string of the molecule is Cc1c(CC(=O)NC(C)c2ncc(C#N)cn2)c(=O)[nH]c2ccc(F)c(F)c12. The molecule has 28 heavy (non-hydrogen) atoms. The van der Waals surface area contributed by atoms with Crippen molar-refractivity contribution in [1.29, 1.82) is 5.26 Å². The number of aromatic nitrogens is 3. The molecule has 0 aliphatic heterocycles. The quantitative estimate of drug-likeness (QED) is 0.717. The van der Waals surface area contributed by atoms with Crippen LogP contribution in [0.4, 0.5) is 8.78 Å². The van der Waals surface area contributed by atoms with E-state index in [0.29, 0.717) is 5.82 Å². The third-order valence-electron chi connectivity index (χ3n) is 4.35. The third kappa shape index (κ3) is 3.57. The molecule has 0 aliphatic carbocycles. The van der Waals surface area contributed by atoms with Crippen molar-refractivity contribution in [2.45, 2.75) is 26.3 Å². The number of fused-ring (bicyclic) bond motifs is 1. The maximum absolute atomic E-state index is 14.2. The predicted molar refractivity (Wildman–Crippen MR) is 96.2 cm³/mol. The van der Waals surface area contributed by atoms with E-state index < -0.39 is 29.1 Å². The number of nitrogens with one attached hydrogen (secondary N) is 2. The summed E-state index contributed by atoms with van der Waals surface area (Å²) in [6, 6.07) is 3.52. The molecule has 0 aliphatic rings. The zero-order chi connectivity index (χ0) is 20.4. The first-order chi connectivity index (χ1) is 13.3. The number of halogens is 2. The molecule has 0 bridgehead atoms. The van der Waals surface area contributed by atoms with Crippen molar-refractivity contribution in [2.75, 3.05) is 0 Å². The Labute approximate surface area is 158 Å². The van der Waals surface area contributed by atoms with Crippen LogP contribution in [-0.2, 0) is 11.2 Å². The van der Waals surface area contributed by atoms with Gasteiger partial charge in [-0.3, -0.25) is 9.59 Å². The van der Waals surface area contributed by atoms with E-state index in [1.54, 1.807) is 6.92 Å². The van der Waals surface area contributed by atoms with Gasteiger partial charge in [-0.15, -0.1) is 0 Å². The molecule has 1 amide bonds. The molecular weight excluding hydrogens is 368 g/mol. The minimum Gasteiger partial charge on any atom is -0.346 e. The molecule has 1 aromatic carbocycles. The first-order valence-electron chi connectivity index (χ1n) is 8.32. The highest BCUT2D eigenvalue weighted by atomic mass is 19.2. The summed E-state index contributed by atoms with van der Waals surface area (Å²) in [6.07, 6.45) is 2.34. The van der Waals surface area contributed by atoms with Crippen molar-refractivity contribution in [1.82, 2.24) is 20.3 Å². The van der Waals surface area contributed by atoms with Gasteiger partial charge in [0.25, 0.3) is 5.56 Å². The van der Waals surface area contributed by atoms with Crippen LogP contribution in [0.15, 0.2) is 29.3 Å². The summed E-state index contributed by atoms with van der Waals surface area (Å²) in [5.74, 6) is -2.33. The van der Waals surface area contributed by atoms with Gasteiger partial charge in [0.1, 0.15) is 11.9 Å². The van der Waals surface area contributed by atoms with Crippen LogP contribution in [0.5, 0.6) is 0 Å². The zero-order valence-corrected chi connectivity index (χ0v) is 15.0. The van der Waals surface area contributed by atoms with Gasteiger partial charge in [0.15, 0.2) is 11.6 Å². The Morgan fingerprint density at radius 3 is 2.64 bits per heavy atom. The minimum absolute atomic E-state index is 0.0439. The van der Waals surface area contributed by atoms with E-state index in [4.69, 9.17) is 5.26 Å². The van der Waals surface area contributed by atoms with Gasteiger partial charge < -0.3 is 10.3 Å². The highest BCUT2D eigenvalue weighted by molar-refractivity contribution is 5.86. The second kappa shape index (κ2) is 7.52. The molecule has 0 saturated carbocycles. The molecule has 2 aromatic heterocycles. The second-order valence-corrected chi connectivity index (χ2v) is 6.25. The smallest absolute Gasteiger partial charge is 0.252 e. The van der Waals surface area contributed by atoms with E-state index in [-0.39, 0.29) is 34.0 Å². The van der Waals surface area contributed by atoms with Gasteiger partial charge in [0.2, 0.25) is 5.91 Å². The Morgan fingerprint density at radius 1 is 1.32 bits per heavy atom. The van der Waals surface area contributed by atoms with Crippen LogP contribution in [0.2, 0.25) is 0 Å². The van der Waals surface area contributed by atoms with Gasteiger partial charge in [-0.25, -0.2) is 18.7 Å². The van der Waals surface area contributed by atoms with E-state index in [2.05, 4.69) is 20.3 Å². The topological polar surface area (TPSA) is 112 Å². The summed E-state index contributed by atoms with van der Waals surface area (Å²) < 4.78 is 27.7. The van der Waals surface area contributed by atoms with Crippen LogP contribution in [0.25, 0.3) is 10.9 Å². The molecule has 0 fully saturated rings. The normalized spacial score (nSPS) is 11.8. The maximum Gasteiger partial charge on any atom is 0.252 e. The van der Waals surface area contributed by atoms with E-state index in [1.165, 1.54) is 25.4 Å². The van der Waals surface area contributed by atoms with E-state index in [9.17, 15) is 18.4 Å². The largest absolute Gasteiger partial charge is 0.346 e. The van der Waals surface area contributed by atoms with Crippen molar-refractivity contribution in [3.8, 4) is 6.07 Å². The fraction of sp³-hybridized carbons (Fsp3) is 0.211. The molecule has 0 spiro atoms. The number of rotatable bonds is 4. The number of aryl methyl sites for hydroxylation is 1. The molecule has 0 radical (unpaired) electrons. The average molecular weight is 383 g/mol. The lowest BCUT2D eigenvalue weighted by Crippen LogP contribution is -2.31. The van der Waals surface area contributed by atoms with Crippen molar-refractivity contribution in [3.05, 3.63) is 69.0 Å². The van der Waals surface area contributed by atoms with E-state index >= 15 is 0 Å². The van der Waals surface area contributed by atoms with Crippen molar-refractivity contribution < 1.29 is 13.6 Å². The lowest BCUT2D eigenvalue weighted by atomic mass is 10.0. The number of aromatic amines is 1. The minimum atomic E-state index is -1.08. The number of hydrogen-bond donors (Lipinski definition) is 2. The molecule has 3 rings (SSSR count). The van der Waals surface area contributed by atoms with Crippen molar-refractivity contribution >= 4 is 16.8 Å². The number of nitrogens with zero attached hydrogens (tertiary/aromatic N) is 3. The van der Waals surface area contributed by atoms with Gasteiger partial charge in [-0.1, -0.05) is 0 Å². The Balaban J connectivity index is 1.85. The van der Waals surface area contributed by atoms with E-state index in [1.807, 2.05) is 6.07 Å². The molecule has 2 N–H and O–H groups in total.